The Morgan fingerprint density at radius 2 is 1.93 bits per heavy atom. The van der Waals surface area contributed by atoms with Crippen molar-refractivity contribution in [3.8, 4) is 11.4 Å². The quantitative estimate of drug-likeness (QED) is 0.894. The maximum absolute atomic E-state index is 12.5. The van der Waals surface area contributed by atoms with E-state index in [2.05, 4.69) is 25.3 Å². The average Bonchev–Trinajstić information content (AvgIpc) is 3.15. The summed E-state index contributed by atoms with van der Waals surface area (Å²) < 4.78 is 5.01. The van der Waals surface area contributed by atoms with Crippen LogP contribution in [0.15, 0.2) is 22.9 Å². The van der Waals surface area contributed by atoms with Gasteiger partial charge < -0.3 is 19.6 Å². The number of urea groups is 1. The van der Waals surface area contributed by atoms with Gasteiger partial charge in [-0.3, -0.25) is 0 Å². The predicted octanol–water partition coefficient (Wildman–Crippen LogP) is 2.60. The van der Waals surface area contributed by atoms with Gasteiger partial charge in [-0.05, 0) is 25.0 Å². The second-order valence-electron chi connectivity index (χ2n) is 7.30. The Labute approximate surface area is 158 Å². The lowest BCUT2D eigenvalue weighted by atomic mass is 9.96. The van der Waals surface area contributed by atoms with Gasteiger partial charge in [0.05, 0.1) is 0 Å². The lowest BCUT2D eigenvalue weighted by molar-refractivity contribution is 0.186. The molecule has 3 heterocycles. The molecule has 8 heteroatoms. The molecule has 0 spiro atoms. The number of hydrogen-bond donors (Lipinski definition) is 1. The number of aryl methyl sites for hydroxylation is 1. The molecule has 1 aliphatic carbocycles. The van der Waals surface area contributed by atoms with E-state index in [1.165, 1.54) is 19.3 Å². The van der Waals surface area contributed by atoms with E-state index in [9.17, 15) is 4.79 Å². The van der Waals surface area contributed by atoms with Gasteiger partial charge in [0, 0.05) is 50.9 Å². The van der Waals surface area contributed by atoms with Gasteiger partial charge in [-0.25, -0.2) is 9.78 Å². The first kappa shape index (κ1) is 17.8. The fraction of sp³-hybridized carbons (Fsp3) is 0.579. The second kappa shape index (κ2) is 7.94. The largest absolute Gasteiger partial charge is 0.353 e. The minimum Gasteiger partial charge on any atom is -0.353 e. The van der Waals surface area contributed by atoms with E-state index in [0.717, 1.165) is 37.3 Å². The number of pyridine rings is 1. The number of nitrogens with zero attached hydrogens (tertiary/aromatic N) is 5. The van der Waals surface area contributed by atoms with Crippen LogP contribution in [0.1, 0.15) is 38.0 Å². The average molecular weight is 370 g/mol. The van der Waals surface area contributed by atoms with Crippen LogP contribution in [0.3, 0.4) is 0 Å². The van der Waals surface area contributed by atoms with Crippen LogP contribution in [-0.2, 0) is 0 Å². The Morgan fingerprint density at radius 3 is 2.56 bits per heavy atom. The van der Waals surface area contributed by atoms with Gasteiger partial charge in [-0.2, -0.15) is 4.98 Å². The Bertz CT molecular complexity index is 761. The van der Waals surface area contributed by atoms with Gasteiger partial charge in [-0.1, -0.05) is 24.4 Å². The number of carbonyl (C=O) groups is 1. The smallest absolute Gasteiger partial charge is 0.317 e. The molecule has 1 saturated carbocycles. The number of amides is 2. The van der Waals surface area contributed by atoms with Gasteiger partial charge in [-0.15, -0.1) is 0 Å². The summed E-state index contributed by atoms with van der Waals surface area (Å²) in [4.78, 5) is 25.3. The first-order valence-electron chi connectivity index (χ1n) is 9.76. The molecule has 0 aromatic carbocycles. The first-order chi connectivity index (χ1) is 13.2. The normalized spacial score (nSPS) is 18.6. The maximum Gasteiger partial charge on any atom is 0.317 e. The summed E-state index contributed by atoms with van der Waals surface area (Å²) in [5, 5.41) is 7.12. The molecule has 2 aliphatic rings. The molecule has 1 aliphatic heterocycles. The fourth-order valence-electron chi connectivity index (χ4n) is 3.77. The lowest BCUT2D eigenvalue weighted by Crippen LogP contribution is -2.53. The summed E-state index contributed by atoms with van der Waals surface area (Å²) in [6, 6.07) is 4.36. The number of carbonyl (C=O) groups excluding carboxylic acids is 1. The van der Waals surface area contributed by atoms with Crippen molar-refractivity contribution >= 4 is 11.8 Å². The van der Waals surface area contributed by atoms with E-state index in [0.29, 0.717) is 30.8 Å². The molecule has 0 unspecified atom stereocenters. The highest BCUT2D eigenvalue weighted by Crippen LogP contribution is 2.20. The summed E-state index contributed by atoms with van der Waals surface area (Å²) in [6.45, 7) is 4.76. The topological polar surface area (TPSA) is 87.4 Å². The van der Waals surface area contributed by atoms with Crippen molar-refractivity contribution in [3.05, 3.63) is 24.2 Å². The van der Waals surface area contributed by atoms with Gasteiger partial charge in [0.15, 0.2) is 0 Å². The minimum atomic E-state index is 0.0809. The maximum atomic E-state index is 12.5. The zero-order valence-electron chi connectivity index (χ0n) is 15.7. The van der Waals surface area contributed by atoms with Crippen LogP contribution in [-0.4, -0.2) is 58.3 Å². The van der Waals surface area contributed by atoms with Crippen LogP contribution in [0, 0.1) is 6.92 Å². The summed E-state index contributed by atoms with van der Waals surface area (Å²) in [6.07, 6.45) is 7.74. The number of hydrogen-bond acceptors (Lipinski definition) is 6. The third-order valence-electron chi connectivity index (χ3n) is 5.36. The summed E-state index contributed by atoms with van der Waals surface area (Å²) in [5.74, 6) is 2.00. The third kappa shape index (κ3) is 4.20. The Morgan fingerprint density at radius 1 is 1.15 bits per heavy atom. The molecule has 27 heavy (non-hydrogen) atoms. The fourth-order valence-corrected chi connectivity index (χ4v) is 3.77. The van der Waals surface area contributed by atoms with Crippen LogP contribution in [0.4, 0.5) is 10.6 Å². The van der Waals surface area contributed by atoms with Gasteiger partial charge >= 0.3 is 6.03 Å². The van der Waals surface area contributed by atoms with E-state index in [1.807, 2.05) is 17.0 Å². The van der Waals surface area contributed by atoms with E-state index in [-0.39, 0.29) is 6.03 Å². The Kier molecular flexibility index (Phi) is 5.22. The molecule has 0 atom stereocenters. The van der Waals surface area contributed by atoms with Crippen LogP contribution in [0.5, 0.6) is 0 Å². The zero-order chi connectivity index (χ0) is 18.6. The Hall–Kier alpha value is -2.64. The molecule has 4 rings (SSSR count). The zero-order valence-corrected chi connectivity index (χ0v) is 15.7. The van der Waals surface area contributed by atoms with Crippen molar-refractivity contribution in [2.75, 3.05) is 31.1 Å². The monoisotopic (exact) mass is 370 g/mol. The number of anilines is 1. The molecule has 0 radical (unpaired) electrons. The van der Waals surface area contributed by atoms with Gasteiger partial charge in [0.1, 0.15) is 5.82 Å². The van der Waals surface area contributed by atoms with Crippen LogP contribution in [0.2, 0.25) is 0 Å². The molecule has 2 aromatic rings. The first-order valence-corrected chi connectivity index (χ1v) is 9.76. The molecule has 1 saturated heterocycles. The van der Waals surface area contributed by atoms with Crippen LogP contribution >= 0.6 is 0 Å². The van der Waals surface area contributed by atoms with E-state index < -0.39 is 0 Å². The van der Waals surface area contributed by atoms with Crippen molar-refractivity contribution in [1.29, 1.82) is 0 Å². The highest BCUT2D eigenvalue weighted by molar-refractivity contribution is 5.75. The molecule has 2 amide bonds. The molecule has 1 N–H and O–H groups in total. The summed E-state index contributed by atoms with van der Waals surface area (Å²) in [5.41, 5.74) is 0.834. The molecule has 2 fully saturated rings. The lowest BCUT2D eigenvalue weighted by Gasteiger charge is -2.36. The van der Waals surface area contributed by atoms with Crippen LogP contribution < -0.4 is 10.2 Å². The van der Waals surface area contributed by atoms with Crippen molar-refractivity contribution in [2.24, 2.45) is 0 Å². The third-order valence-corrected chi connectivity index (χ3v) is 5.36. The van der Waals surface area contributed by atoms with Crippen molar-refractivity contribution in [2.45, 2.75) is 45.1 Å². The second-order valence-corrected chi connectivity index (χ2v) is 7.30. The van der Waals surface area contributed by atoms with Gasteiger partial charge in [0.25, 0.3) is 0 Å². The number of rotatable bonds is 3. The molecular weight excluding hydrogens is 344 g/mol. The molecule has 0 bridgehead atoms. The van der Waals surface area contributed by atoms with E-state index in [1.54, 1.807) is 13.1 Å². The number of aromatic nitrogens is 3. The Balaban J connectivity index is 1.30. The minimum absolute atomic E-state index is 0.0809. The number of piperazine rings is 1. The van der Waals surface area contributed by atoms with E-state index >= 15 is 0 Å². The molecule has 8 nitrogen and oxygen atoms in total. The van der Waals surface area contributed by atoms with E-state index in [4.69, 9.17) is 4.52 Å². The predicted molar refractivity (Wildman–Crippen MR) is 101 cm³/mol. The SMILES string of the molecule is Cc1nc(-c2ccc(N3CCN(C(=O)NC4CCCCC4)CC3)nc2)no1. The summed E-state index contributed by atoms with van der Waals surface area (Å²) in [7, 11) is 0. The highest BCUT2D eigenvalue weighted by atomic mass is 16.5. The van der Waals surface area contributed by atoms with Gasteiger partial charge in [0.2, 0.25) is 11.7 Å². The van der Waals surface area contributed by atoms with Crippen molar-refractivity contribution < 1.29 is 9.32 Å². The molecule has 2 aromatic heterocycles. The van der Waals surface area contributed by atoms with Crippen molar-refractivity contribution in [3.63, 3.8) is 0 Å². The molecule has 144 valence electrons. The summed E-state index contributed by atoms with van der Waals surface area (Å²) >= 11 is 0. The highest BCUT2D eigenvalue weighted by Gasteiger charge is 2.24. The van der Waals surface area contributed by atoms with Crippen molar-refractivity contribution in [1.82, 2.24) is 25.3 Å². The standard InChI is InChI=1S/C19H26N6O2/c1-14-21-18(23-27-14)15-7-8-17(20-13-15)24-9-11-25(12-10-24)19(26)22-16-5-3-2-4-6-16/h7-8,13,16H,2-6,9-12H2,1H3,(H,22,26). The van der Waals surface area contributed by atoms with Crippen LogP contribution in [0.25, 0.3) is 11.4 Å². The number of nitrogens with one attached hydrogen (secondary N) is 1. The molecular formula is C19H26N6O2.